The number of aromatic nitrogens is 1. The van der Waals surface area contributed by atoms with Crippen LogP contribution in [0.3, 0.4) is 0 Å². The van der Waals surface area contributed by atoms with Gasteiger partial charge in [-0.25, -0.2) is 8.78 Å². The maximum absolute atomic E-state index is 13.9. The van der Waals surface area contributed by atoms with Crippen LogP contribution in [0, 0.1) is 21.7 Å². The summed E-state index contributed by atoms with van der Waals surface area (Å²) in [5.74, 6) is -2.36. The maximum atomic E-state index is 13.9. The number of pyridine rings is 1. The van der Waals surface area contributed by atoms with Crippen molar-refractivity contribution in [2.24, 2.45) is 0 Å². The monoisotopic (exact) mass is 348 g/mol. The van der Waals surface area contributed by atoms with Crippen LogP contribution in [0.2, 0.25) is 0 Å². The Kier molecular flexibility index (Phi) is 4.53. The minimum absolute atomic E-state index is 0.268. The van der Waals surface area contributed by atoms with Crippen LogP contribution < -0.4 is 11.1 Å². The highest BCUT2D eigenvalue weighted by Gasteiger charge is 2.31. The molecular formula is C13H9F5N4O2. The van der Waals surface area contributed by atoms with Crippen molar-refractivity contribution in [2.75, 3.05) is 11.1 Å². The summed E-state index contributed by atoms with van der Waals surface area (Å²) in [6.45, 7) is -0.446. The lowest BCUT2D eigenvalue weighted by Gasteiger charge is -2.11. The van der Waals surface area contributed by atoms with Gasteiger partial charge in [0.2, 0.25) is 0 Å². The molecule has 128 valence electrons. The van der Waals surface area contributed by atoms with Crippen LogP contribution >= 0.6 is 0 Å². The van der Waals surface area contributed by atoms with E-state index in [-0.39, 0.29) is 17.4 Å². The fourth-order valence-corrected chi connectivity index (χ4v) is 1.81. The molecular weight excluding hydrogens is 339 g/mol. The molecule has 1 aromatic heterocycles. The van der Waals surface area contributed by atoms with E-state index in [0.717, 1.165) is 12.1 Å². The lowest BCUT2D eigenvalue weighted by molar-refractivity contribution is -0.384. The molecule has 2 rings (SSSR count). The zero-order valence-electron chi connectivity index (χ0n) is 11.7. The van der Waals surface area contributed by atoms with Crippen LogP contribution in [0.5, 0.6) is 0 Å². The topological polar surface area (TPSA) is 94.1 Å². The number of nitro benzene ring substituents is 1. The van der Waals surface area contributed by atoms with Gasteiger partial charge in [-0.1, -0.05) is 0 Å². The Morgan fingerprint density at radius 2 is 1.96 bits per heavy atom. The first-order valence-electron chi connectivity index (χ1n) is 6.29. The molecule has 0 aliphatic heterocycles. The van der Waals surface area contributed by atoms with Gasteiger partial charge in [0, 0.05) is 12.3 Å². The predicted molar refractivity (Wildman–Crippen MR) is 74.0 cm³/mol. The molecule has 2 aromatic rings. The number of anilines is 2. The first-order valence-corrected chi connectivity index (χ1v) is 6.29. The van der Waals surface area contributed by atoms with Crippen molar-refractivity contribution < 1.29 is 26.9 Å². The van der Waals surface area contributed by atoms with Gasteiger partial charge < -0.3 is 11.1 Å². The van der Waals surface area contributed by atoms with Gasteiger partial charge in [-0.05, 0) is 12.1 Å². The number of benzene rings is 1. The summed E-state index contributed by atoms with van der Waals surface area (Å²) in [5, 5.41) is 13.0. The number of halogens is 5. The Bertz CT molecular complexity index is 795. The Labute approximate surface area is 131 Å². The van der Waals surface area contributed by atoms with Crippen LogP contribution in [0.15, 0.2) is 24.4 Å². The van der Waals surface area contributed by atoms with Gasteiger partial charge in [0.05, 0.1) is 28.4 Å². The molecule has 1 aromatic carbocycles. The van der Waals surface area contributed by atoms with Gasteiger partial charge in [0.25, 0.3) is 5.69 Å². The van der Waals surface area contributed by atoms with Gasteiger partial charge in [-0.3, -0.25) is 15.1 Å². The number of nitrogens with zero attached hydrogens (tertiary/aromatic N) is 2. The van der Waals surface area contributed by atoms with Crippen LogP contribution in [-0.2, 0) is 12.7 Å². The third-order valence-corrected chi connectivity index (χ3v) is 3.04. The third kappa shape index (κ3) is 3.50. The summed E-state index contributed by atoms with van der Waals surface area (Å²) in [7, 11) is 0. The minimum Gasteiger partial charge on any atom is -0.391 e. The molecule has 0 radical (unpaired) electrons. The number of hydrogen-bond acceptors (Lipinski definition) is 5. The van der Waals surface area contributed by atoms with E-state index in [1.165, 1.54) is 0 Å². The molecule has 0 spiro atoms. The predicted octanol–water partition coefficient (Wildman–Crippen LogP) is 3.48. The van der Waals surface area contributed by atoms with Crippen LogP contribution in [0.4, 0.5) is 39.0 Å². The first-order chi connectivity index (χ1) is 11.1. The van der Waals surface area contributed by atoms with E-state index in [4.69, 9.17) is 5.73 Å². The Balaban J connectivity index is 2.20. The SMILES string of the molecule is Nc1c([N+](=O)[O-])ccc(NCc2ncc(C(F)(F)F)cc2F)c1F. The normalized spacial score (nSPS) is 11.4. The van der Waals surface area contributed by atoms with E-state index in [2.05, 4.69) is 10.3 Å². The Hall–Kier alpha value is -2.98. The first kappa shape index (κ1) is 17.4. The molecule has 24 heavy (non-hydrogen) atoms. The standard InChI is InChI=1S/C13H9F5N4O2/c14-7-3-6(13(16,17)18)4-20-9(7)5-21-8-1-2-10(22(23)24)12(19)11(8)15/h1-4,21H,5,19H2. The quantitative estimate of drug-likeness (QED) is 0.382. The van der Waals surface area contributed by atoms with Crippen LogP contribution in [0.25, 0.3) is 0 Å². The summed E-state index contributed by atoms with van der Waals surface area (Å²) in [5.41, 5.74) is 2.00. The van der Waals surface area contributed by atoms with E-state index in [1.807, 2.05) is 0 Å². The van der Waals surface area contributed by atoms with Crippen molar-refractivity contribution in [1.29, 1.82) is 0 Å². The average molecular weight is 348 g/mol. The highest BCUT2D eigenvalue weighted by molar-refractivity contribution is 5.67. The number of nitrogens with one attached hydrogen (secondary N) is 1. The molecule has 0 unspecified atom stereocenters. The molecule has 6 nitrogen and oxygen atoms in total. The van der Waals surface area contributed by atoms with E-state index >= 15 is 0 Å². The van der Waals surface area contributed by atoms with Gasteiger partial charge in [-0.15, -0.1) is 0 Å². The van der Waals surface area contributed by atoms with Crippen molar-refractivity contribution >= 4 is 17.1 Å². The Morgan fingerprint density at radius 3 is 2.50 bits per heavy atom. The van der Waals surface area contributed by atoms with Crippen LogP contribution in [0.1, 0.15) is 11.3 Å². The largest absolute Gasteiger partial charge is 0.417 e. The molecule has 0 saturated heterocycles. The number of rotatable bonds is 4. The zero-order chi connectivity index (χ0) is 18.1. The Morgan fingerprint density at radius 1 is 1.29 bits per heavy atom. The average Bonchev–Trinajstić information content (AvgIpc) is 2.48. The molecule has 0 saturated carbocycles. The number of nitrogen functional groups attached to an aromatic ring is 1. The lowest BCUT2D eigenvalue weighted by atomic mass is 10.2. The fourth-order valence-electron chi connectivity index (χ4n) is 1.81. The summed E-state index contributed by atoms with van der Waals surface area (Å²) in [4.78, 5) is 13.1. The molecule has 0 aliphatic carbocycles. The fraction of sp³-hybridized carbons (Fsp3) is 0.154. The van der Waals surface area contributed by atoms with Crippen molar-refractivity contribution in [3.05, 3.63) is 57.4 Å². The van der Waals surface area contributed by atoms with Gasteiger partial charge >= 0.3 is 6.18 Å². The van der Waals surface area contributed by atoms with E-state index in [1.54, 1.807) is 0 Å². The zero-order valence-corrected chi connectivity index (χ0v) is 11.7. The van der Waals surface area contributed by atoms with Gasteiger partial charge in [-0.2, -0.15) is 13.2 Å². The molecule has 0 bridgehead atoms. The maximum Gasteiger partial charge on any atom is 0.417 e. The van der Waals surface area contributed by atoms with E-state index < -0.39 is 46.2 Å². The lowest BCUT2D eigenvalue weighted by Crippen LogP contribution is -2.11. The third-order valence-electron chi connectivity index (χ3n) is 3.04. The van der Waals surface area contributed by atoms with Crippen LogP contribution in [-0.4, -0.2) is 9.91 Å². The molecule has 0 aliphatic rings. The van der Waals surface area contributed by atoms with E-state index in [0.29, 0.717) is 6.20 Å². The van der Waals surface area contributed by atoms with Crippen molar-refractivity contribution in [3.63, 3.8) is 0 Å². The summed E-state index contributed by atoms with van der Waals surface area (Å²) < 4.78 is 64.7. The van der Waals surface area contributed by atoms with Crippen molar-refractivity contribution in [1.82, 2.24) is 4.98 Å². The van der Waals surface area contributed by atoms with E-state index in [9.17, 15) is 32.1 Å². The number of nitrogens with two attached hydrogens (primary N) is 1. The highest BCUT2D eigenvalue weighted by Crippen LogP contribution is 2.31. The number of hydrogen-bond donors (Lipinski definition) is 2. The summed E-state index contributed by atoms with van der Waals surface area (Å²) in [6.07, 6.45) is -4.29. The molecule has 0 amide bonds. The minimum atomic E-state index is -4.74. The van der Waals surface area contributed by atoms with Crippen molar-refractivity contribution in [2.45, 2.75) is 12.7 Å². The van der Waals surface area contributed by atoms with Gasteiger partial charge in [0.15, 0.2) is 5.82 Å². The second kappa shape index (κ2) is 6.26. The molecule has 1 heterocycles. The smallest absolute Gasteiger partial charge is 0.391 e. The molecule has 3 N–H and O–H groups in total. The summed E-state index contributed by atoms with van der Waals surface area (Å²) in [6, 6.07) is 2.22. The second-order valence-corrected chi connectivity index (χ2v) is 4.62. The summed E-state index contributed by atoms with van der Waals surface area (Å²) >= 11 is 0. The van der Waals surface area contributed by atoms with Gasteiger partial charge in [0.1, 0.15) is 11.5 Å². The second-order valence-electron chi connectivity index (χ2n) is 4.62. The number of alkyl halides is 3. The molecule has 11 heteroatoms. The highest BCUT2D eigenvalue weighted by atomic mass is 19.4. The molecule has 0 fully saturated rings. The van der Waals surface area contributed by atoms with Crippen molar-refractivity contribution in [3.8, 4) is 0 Å². The molecule has 0 atom stereocenters. The number of nitro groups is 1.